The van der Waals surface area contributed by atoms with E-state index in [9.17, 15) is 18.0 Å². The number of thioether (sulfide) groups is 1. The summed E-state index contributed by atoms with van der Waals surface area (Å²) in [7, 11) is 0. The molecule has 2 rings (SSSR count). The molecule has 0 bridgehead atoms. The van der Waals surface area contributed by atoms with Crippen LogP contribution in [0.4, 0.5) is 13.2 Å². The smallest absolute Gasteiger partial charge is 0.221 e. The highest BCUT2D eigenvalue weighted by atomic mass is 32.2. The van der Waals surface area contributed by atoms with Crippen molar-refractivity contribution in [2.75, 3.05) is 5.75 Å². The van der Waals surface area contributed by atoms with Crippen molar-refractivity contribution in [1.29, 1.82) is 0 Å². The molecule has 0 aliphatic heterocycles. The van der Waals surface area contributed by atoms with Crippen LogP contribution in [-0.2, 0) is 11.3 Å². The van der Waals surface area contributed by atoms with E-state index in [1.807, 2.05) is 0 Å². The minimum Gasteiger partial charge on any atom is -0.352 e. The third kappa shape index (κ3) is 5.11. The lowest BCUT2D eigenvalue weighted by Crippen LogP contribution is -2.22. The predicted molar refractivity (Wildman–Crippen MR) is 79.9 cm³/mol. The number of halogens is 3. The van der Waals surface area contributed by atoms with E-state index in [0.717, 1.165) is 17.7 Å². The van der Waals surface area contributed by atoms with Crippen molar-refractivity contribution < 1.29 is 18.0 Å². The highest BCUT2D eigenvalue weighted by molar-refractivity contribution is 7.99. The van der Waals surface area contributed by atoms with Crippen molar-refractivity contribution >= 4 is 17.7 Å². The van der Waals surface area contributed by atoms with Crippen molar-refractivity contribution in [2.24, 2.45) is 0 Å². The molecule has 0 saturated heterocycles. The monoisotopic (exact) mass is 325 g/mol. The highest BCUT2D eigenvalue weighted by Crippen LogP contribution is 2.20. The lowest BCUT2D eigenvalue weighted by Gasteiger charge is -2.06. The molecule has 0 aromatic heterocycles. The van der Waals surface area contributed by atoms with E-state index in [4.69, 9.17) is 0 Å². The van der Waals surface area contributed by atoms with Crippen LogP contribution in [0.3, 0.4) is 0 Å². The summed E-state index contributed by atoms with van der Waals surface area (Å²) in [5.41, 5.74) is 0.808. The van der Waals surface area contributed by atoms with Gasteiger partial charge in [-0.15, -0.1) is 11.8 Å². The van der Waals surface area contributed by atoms with Gasteiger partial charge >= 0.3 is 0 Å². The molecule has 0 aliphatic rings. The standard InChI is InChI=1S/C16H14F3NOS/c17-12-3-1-11(2-4-12)10-20-16(21)7-8-22-13-5-6-14(18)15(19)9-13/h1-6,9H,7-8,10H2,(H,20,21). The van der Waals surface area contributed by atoms with Gasteiger partial charge in [-0.1, -0.05) is 12.1 Å². The van der Waals surface area contributed by atoms with Gasteiger partial charge in [0.15, 0.2) is 11.6 Å². The van der Waals surface area contributed by atoms with E-state index in [0.29, 0.717) is 17.2 Å². The second-order valence-corrected chi connectivity index (χ2v) is 5.75. The summed E-state index contributed by atoms with van der Waals surface area (Å²) in [6, 6.07) is 9.51. The van der Waals surface area contributed by atoms with Crippen molar-refractivity contribution in [2.45, 2.75) is 17.9 Å². The molecule has 2 aromatic rings. The van der Waals surface area contributed by atoms with E-state index >= 15 is 0 Å². The van der Waals surface area contributed by atoms with Crippen LogP contribution in [0, 0.1) is 17.5 Å². The van der Waals surface area contributed by atoms with E-state index in [-0.39, 0.29) is 18.1 Å². The zero-order valence-corrected chi connectivity index (χ0v) is 12.4. The Hall–Kier alpha value is -1.95. The minimum atomic E-state index is -0.897. The molecule has 0 aliphatic carbocycles. The molecule has 2 nitrogen and oxygen atoms in total. The molecule has 0 atom stereocenters. The quantitative estimate of drug-likeness (QED) is 0.816. The van der Waals surface area contributed by atoms with Crippen LogP contribution in [0.5, 0.6) is 0 Å². The number of hydrogen-bond acceptors (Lipinski definition) is 2. The molecule has 0 heterocycles. The molecular weight excluding hydrogens is 311 g/mol. The topological polar surface area (TPSA) is 29.1 Å². The second kappa shape index (κ2) is 7.89. The zero-order chi connectivity index (χ0) is 15.9. The Morgan fingerprint density at radius 1 is 1.00 bits per heavy atom. The fourth-order valence-electron chi connectivity index (χ4n) is 1.72. The van der Waals surface area contributed by atoms with Crippen molar-refractivity contribution in [3.8, 4) is 0 Å². The van der Waals surface area contributed by atoms with Crippen molar-refractivity contribution in [3.63, 3.8) is 0 Å². The number of nitrogens with one attached hydrogen (secondary N) is 1. The molecule has 0 fully saturated rings. The first-order valence-corrected chi connectivity index (χ1v) is 7.62. The maximum absolute atomic E-state index is 13.0. The fourth-order valence-corrected chi connectivity index (χ4v) is 2.59. The maximum atomic E-state index is 13.0. The van der Waals surface area contributed by atoms with Crippen LogP contribution in [-0.4, -0.2) is 11.7 Å². The number of carbonyl (C=O) groups is 1. The van der Waals surface area contributed by atoms with Gasteiger partial charge < -0.3 is 5.32 Å². The van der Waals surface area contributed by atoms with Gasteiger partial charge in [0.2, 0.25) is 5.91 Å². The van der Waals surface area contributed by atoms with Gasteiger partial charge in [-0.05, 0) is 35.9 Å². The molecule has 0 unspecified atom stereocenters. The van der Waals surface area contributed by atoms with Crippen LogP contribution in [0.15, 0.2) is 47.4 Å². The average Bonchev–Trinajstić information content (AvgIpc) is 2.50. The molecule has 116 valence electrons. The van der Waals surface area contributed by atoms with Crippen LogP contribution >= 0.6 is 11.8 Å². The molecule has 6 heteroatoms. The van der Waals surface area contributed by atoms with Crippen LogP contribution in [0.25, 0.3) is 0 Å². The van der Waals surface area contributed by atoms with E-state index < -0.39 is 11.6 Å². The summed E-state index contributed by atoms with van der Waals surface area (Å²) in [4.78, 5) is 12.2. The molecule has 1 N–H and O–H groups in total. The third-order valence-electron chi connectivity index (χ3n) is 2.89. The first kappa shape index (κ1) is 16.4. The Balaban J connectivity index is 1.71. The summed E-state index contributed by atoms with van der Waals surface area (Å²) in [5, 5.41) is 2.72. The van der Waals surface area contributed by atoms with Gasteiger partial charge in [-0.2, -0.15) is 0 Å². The summed E-state index contributed by atoms with van der Waals surface area (Å²) in [6.45, 7) is 0.328. The molecule has 0 spiro atoms. The Labute approximate surface area is 130 Å². The first-order chi connectivity index (χ1) is 10.5. The lowest BCUT2D eigenvalue weighted by atomic mass is 10.2. The van der Waals surface area contributed by atoms with Gasteiger partial charge in [-0.25, -0.2) is 13.2 Å². The normalized spacial score (nSPS) is 10.5. The predicted octanol–water partition coefficient (Wildman–Crippen LogP) is 3.90. The fraction of sp³-hybridized carbons (Fsp3) is 0.188. The molecule has 22 heavy (non-hydrogen) atoms. The second-order valence-electron chi connectivity index (χ2n) is 4.58. The number of hydrogen-bond donors (Lipinski definition) is 1. The SMILES string of the molecule is O=C(CCSc1ccc(F)c(F)c1)NCc1ccc(F)cc1. The van der Waals surface area contributed by atoms with Gasteiger partial charge in [-0.3, -0.25) is 4.79 Å². The van der Waals surface area contributed by atoms with Crippen LogP contribution in [0.2, 0.25) is 0 Å². The van der Waals surface area contributed by atoms with Gasteiger partial charge in [0.05, 0.1) is 0 Å². The number of carbonyl (C=O) groups excluding carboxylic acids is 1. The number of amides is 1. The molecule has 1 amide bonds. The molecule has 0 saturated carbocycles. The van der Waals surface area contributed by atoms with Crippen molar-refractivity contribution in [1.82, 2.24) is 5.32 Å². The van der Waals surface area contributed by atoms with Gasteiger partial charge in [0.25, 0.3) is 0 Å². The number of benzene rings is 2. The Morgan fingerprint density at radius 3 is 2.41 bits per heavy atom. The Kier molecular flexibility index (Phi) is 5.89. The van der Waals surface area contributed by atoms with E-state index in [1.165, 1.54) is 30.0 Å². The van der Waals surface area contributed by atoms with Crippen LogP contribution in [0.1, 0.15) is 12.0 Å². The largest absolute Gasteiger partial charge is 0.352 e. The summed E-state index contributed by atoms with van der Waals surface area (Å²) >= 11 is 1.28. The summed E-state index contributed by atoms with van der Waals surface area (Å²) in [5.74, 6) is -1.80. The lowest BCUT2D eigenvalue weighted by molar-refractivity contribution is -0.120. The first-order valence-electron chi connectivity index (χ1n) is 6.63. The summed E-state index contributed by atoms with van der Waals surface area (Å²) in [6.07, 6.45) is 0.255. The third-order valence-corrected chi connectivity index (χ3v) is 3.89. The summed E-state index contributed by atoms with van der Waals surface area (Å²) < 4.78 is 38.5. The maximum Gasteiger partial charge on any atom is 0.221 e. The Bertz CT molecular complexity index is 646. The van der Waals surface area contributed by atoms with E-state index in [1.54, 1.807) is 12.1 Å². The molecular formula is C16H14F3NOS. The Morgan fingerprint density at radius 2 is 1.73 bits per heavy atom. The molecule has 0 radical (unpaired) electrons. The van der Waals surface area contributed by atoms with Crippen molar-refractivity contribution in [3.05, 3.63) is 65.5 Å². The average molecular weight is 325 g/mol. The van der Waals surface area contributed by atoms with Gasteiger partial charge in [0, 0.05) is 23.6 Å². The minimum absolute atomic E-state index is 0.153. The van der Waals surface area contributed by atoms with E-state index in [2.05, 4.69) is 5.32 Å². The van der Waals surface area contributed by atoms with Gasteiger partial charge in [0.1, 0.15) is 5.82 Å². The number of rotatable bonds is 6. The van der Waals surface area contributed by atoms with Crippen LogP contribution < -0.4 is 5.32 Å². The zero-order valence-electron chi connectivity index (χ0n) is 11.6. The highest BCUT2D eigenvalue weighted by Gasteiger charge is 2.05. The molecule has 2 aromatic carbocycles.